The van der Waals surface area contributed by atoms with Gasteiger partial charge in [0.05, 0.1) is 0 Å². The molecule has 0 radical (unpaired) electrons. The van der Waals surface area contributed by atoms with E-state index >= 15 is 0 Å². The van der Waals surface area contributed by atoms with Gasteiger partial charge in [0.25, 0.3) is 0 Å². The van der Waals surface area contributed by atoms with Crippen molar-refractivity contribution < 1.29 is 4.79 Å². The van der Waals surface area contributed by atoms with Crippen LogP contribution in [0.5, 0.6) is 0 Å². The molecular weight excluding hydrogens is 270 g/mol. The van der Waals surface area contributed by atoms with E-state index in [0.29, 0.717) is 6.54 Å². The average molecular weight is 289 g/mol. The summed E-state index contributed by atoms with van der Waals surface area (Å²) in [5.74, 6) is -0.0125. The number of hydrogen-bond donors (Lipinski definition) is 2. The summed E-state index contributed by atoms with van der Waals surface area (Å²) in [5.41, 5.74) is 1.89. The van der Waals surface area contributed by atoms with Gasteiger partial charge in [0, 0.05) is 35.3 Å². The standard InChI is InChI=1S/C15H19N3OS/c1-3-16-10-11(2)14(19)18-13-6-4-12(5-7-13)15-17-8-9-20-15/h4-9,11,16H,3,10H2,1-2H3,(H,18,19). The maximum atomic E-state index is 12.0. The van der Waals surface area contributed by atoms with Gasteiger partial charge in [-0.3, -0.25) is 4.79 Å². The van der Waals surface area contributed by atoms with Crippen LogP contribution in [-0.4, -0.2) is 24.0 Å². The molecule has 1 unspecified atom stereocenters. The molecule has 2 N–H and O–H groups in total. The van der Waals surface area contributed by atoms with Gasteiger partial charge >= 0.3 is 0 Å². The molecule has 4 nitrogen and oxygen atoms in total. The lowest BCUT2D eigenvalue weighted by Gasteiger charge is -2.12. The van der Waals surface area contributed by atoms with Crippen LogP contribution < -0.4 is 10.6 Å². The Bertz CT molecular complexity index is 537. The number of carbonyl (C=O) groups excluding carboxylic acids is 1. The third kappa shape index (κ3) is 3.88. The highest BCUT2D eigenvalue weighted by molar-refractivity contribution is 7.13. The number of carbonyl (C=O) groups is 1. The van der Waals surface area contributed by atoms with Crippen LogP contribution in [0.15, 0.2) is 35.8 Å². The Balaban J connectivity index is 1.95. The number of rotatable bonds is 6. The van der Waals surface area contributed by atoms with E-state index in [-0.39, 0.29) is 11.8 Å². The van der Waals surface area contributed by atoms with Crippen LogP contribution in [0.2, 0.25) is 0 Å². The molecule has 0 fully saturated rings. The molecule has 0 saturated carbocycles. The van der Waals surface area contributed by atoms with Crippen LogP contribution in [0.1, 0.15) is 13.8 Å². The van der Waals surface area contributed by atoms with Crippen molar-refractivity contribution in [2.24, 2.45) is 5.92 Å². The van der Waals surface area contributed by atoms with E-state index in [2.05, 4.69) is 15.6 Å². The van der Waals surface area contributed by atoms with Crippen molar-refractivity contribution in [3.8, 4) is 10.6 Å². The summed E-state index contributed by atoms with van der Waals surface area (Å²) < 4.78 is 0. The molecule has 1 heterocycles. The van der Waals surface area contributed by atoms with Gasteiger partial charge < -0.3 is 10.6 Å². The highest BCUT2D eigenvalue weighted by atomic mass is 32.1. The van der Waals surface area contributed by atoms with Crippen LogP contribution in [0.3, 0.4) is 0 Å². The summed E-state index contributed by atoms with van der Waals surface area (Å²) >= 11 is 1.60. The molecule has 2 rings (SSSR count). The summed E-state index contributed by atoms with van der Waals surface area (Å²) in [6, 6.07) is 7.77. The van der Waals surface area contributed by atoms with Gasteiger partial charge in [-0.05, 0) is 30.8 Å². The molecule has 2 aromatic rings. The van der Waals surface area contributed by atoms with E-state index < -0.39 is 0 Å². The maximum absolute atomic E-state index is 12.0. The third-order valence-electron chi connectivity index (χ3n) is 2.98. The second kappa shape index (κ2) is 7.17. The van der Waals surface area contributed by atoms with E-state index in [4.69, 9.17) is 0 Å². The zero-order valence-electron chi connectivity index (χ0n) is 11.7. The predicted octanol–water partition coefficient (Wildman–Crippen LogP) is 2.99. The van der Waals surface area contributed by atoms with E-state index in [1.807, 2.05) is 43.5 Å². The van der Waals surface area contributed by atoms with Gasteiger partial charge in [0.15, 0.2) is 0 Å². The minimum Gasteiger partial charge on any atom is -0.326 e. The fourth-order valence-corrected chi connectivity index (χ4v) is 2.43. The third-order valence-corrected chi connectivity index (χ3v) is 3.80. The highest BCUT2D eigenvalue weighted by Crippen LogP contribution is 2.23. The first-order valence-corrected chi connectivity index (χ1v) is 7.60. The lowest BCUT2D eigenvalue weighted by atomic mass is 10.1. The molecule has 5 heteroatoms. The van der Waals surface area contributed by atoms with Gasteiger partial charge in [-0.25, -0.2) is 4.98 Å². The van der Waals surface area contributed by atoms with Crippen LogP contribution in [-0.2, 0) is 4.79 Å². The molecule has 1 aromatic carbocycles. The molecule has 0 spiro atoms. The van der Waals surface area contributed by atoms with E-state index in [0.717, 1.165) is 22.8 Å². The zero-order chi connectivity index (χ0) is 14.4. The molecule has 1 atom stereocenters. The number of nitrogens with zero attached hydrogens (tertiary/aromatic N) is 1. The van der Waals surface area contributed by atoms with Crippen LogP contribution in [0.4, 0.5) is 5.69 Å². The lowest BCUT2D eigenvalue weighted by Crippen LogP contribution is -2.30. The Hall–Kier alpha value is -1.72. The Morgan fingerprint density at radius 3 is 2.70 bits per heavy atom. The minimum atomic E-state index is -0.0476. The minimum absolute atomic E-state index is 0.0351. The van der Waals surface area contributed by atoms with Crippen LogP contribution in [0.25, 0.3) is 10.6 Å². The van der Waals surface area contributed by atoms with Gasteiger partial charge in [-0.1, -0.05) is 13.8 Å². The van der Waals surface area contributed by atoms with E-state index in [1.54, 1.807) is 17.5 Å². The summed E-state index contributed by atoms with van der Waals surface area (Å²) in [6.07, 6.45) is 1.79. The largest absolute Gasteiger partial charge is 0.326 e. The molecule has 0 aliphatic carbocycles. The molecule has 20 heavy (non-hydrogen) atoms. The van der Waals surface area contributed by atoms with E-state index in [9.17, 15) is 4.79 Å². The SMILES string of the molecule is CCNCC(C)C(=O)Nc1ccc(-c2nccs2)cc1. The van der Waals surface area contributed by atoms with Crippen LogP contribution >= 0.6 is 11.3 Å². The summed E-state index contributed by atoms with van der Waals surface area (Å²) in [7, 11) is 0. The first kappa shape index (κ1) is 14.7. The van der Waals surface area contributed by atoms with Gasteiger partial charge in [0.2, 0.25) is 5.91 Å². The number of nitrogens with one attached hydrogen (secondary N) is 2. The molecule has 1 aromatic heterocycles. The van der Waals surface area contributed by atoms with Gasteiger partial charge in [-0.15, -0.1) is 11.3 Å². The fourth-order valence-electron chi connectivity index (χ4n) is 1.78. The topological polar surface area (TPSA) is 54.0 Å². The van der Waals surface area contributed by atoms with Crippen molar-refractivity contribution in [1.29, 1.82) is 0 Å². The number of anilines is 1. The summed E-state index contributed by atoms with van der Waals surface area (Å²) in [6.45, 7) is 5.52. The van der Waals surface area contributed by atoms with Crippen LogP contribution in [0, 0.1) is 5.92 Å². The second-order valence-corrected chi connectivity index (χ2v) is 5.51. The summed E-state index contributed by atoms with van der Waals surface area (Å²) in [4.78, 5) is 16.2. The number of amides is 1. The monoisotopic (exact) mass is 289 g/mol. The molecule has 106 valence electrons. The Labute approximate surface area is 123 Å². The van der Waals surface area contributed by atoms with Crippen molar-refractivity contribution in [2.75, 3.05) is 18.4 Å². The highest BCUT2D eigenvalue weighted by Gasteiger charge is 2.12. The van der Waals surface area contributed by atoms with Gasteiger partial charge in [0.1, 0.15) is 5.01 Å². The van der Waals surface area contributed by atoms with E-state index in [1.165, 1.54) is 0 Å². The second-order valence-electron chi connectivity index (χ2n) is 4.61. The average Bonchev–Trinajstić information content (AvgIpc) is 2.99. The Kier molecular flexibility index (Phi) is 5.26. The number of benzene rings is 1. The molecule has 0 bridgehead atoms. The van der Waals surface area contributed by atoms with Crippen molar-refractivity contribution in [2.45, 2.75) is 13.8 Å². The Morgan fingerprint density at radius 1 is 1.35 bits per heavy atom. The molecular formula is C15H19N3OS. The zero-order valence-corrected chi connectivity index (χ0v) is 12.5. The van der Waals surface area contributed by atoms with Crippen molar-refractivity contribution in [3.63, 3.8) is 0 Å². The first-order valence-electron chi connectivity index (χ1n) is 6.72. The summed E-state index contributed by atoms with van der Waals surface area (Å²) in [5, 5.41) is 9.04. The fraction of sp³-hybridized carbons (Fsp3) is 0.333. The van der Waals surface area contributed by atoms with Crippen molar-refractivity contribution in [3.05, 3.63) is 35.8 Å². The molecule has 1 amide bonds. The van der Waals surface area contributed by atoms with Crippen molar-refractivity contribution in [1.82, 2.24) is 10.3 Å². The van der Waals surface area contributed by atoms with Gasteiger partial charge in [-0.2, -0.15) is 0 Å². The number of thiazole rings is 1. The first-order chi connectivity index (χ1) is 9.70. The number of hydrogen-bond acceptors (Lipinski definition) is 4. The molecule has 0 aliphatic heterocycles. The predicted molar refractivity (Wildman–Crippen MR) is 83.9 cm³/mol. The Morgan fingerprint density at radius 2 is 2.10 bits per heavy atom. The normalized spacial score (nSPS) is 12.1. The van der Waals surface area contributed by atoms with Crippen molar-refractivity contribution >= 4 is 22.9 Å². The molecule has 0 saturated heterocycles. The lowest BCUT2D eigenvalue weighted by molar-refractivity contribution is -0.119. The quantitative estimate of drug-likeness (QED) is 0.859. The number of aromatic nitrogens is 1. The smallest absolute Gasteiger partial charge is 0.228 e. The molecule has 0 aliphatic rings. The maximum Gasteiger partial charge on any atom is 0.228 e.